The largest absolute Gasteiger partial charge is 0.377 e. The first kappa shape index (κ1) is 17.4. The zero-order chi connectivity index (χ0) is 16.9. The van der Waals surface area contributed by atoms with Gasteiger partial charge in [-0.3, -0.25) is 9.48 Å². The second-order valence-corrected chi connectivity index (χ2v) is 7.37. The molecule has 2 aliphatic rings. The van der Waals surface area contributed by atoms with Gasteiger partial charge in [0, 0.05) is 51.4 Å². The average Bonchev–Trinajstić information content (AvgIpc) is 3.20. The van der Waals surface area contributed by atoms with Crippen LogP contribution in [-0.2, 0) is 16.1 Å². The number of hydrogen-bond acceptors (Lipinski definition) is 4. The molecule has 3 heterocycles. The second kappa shape index (κ2) is 8.12. The van der Waals surface area contributed by atoms with Crippen molar-refractivity contribution in [3.05, 3.63) is 18.0 Å². The van der Waals surface area contributed by atoms with Crippen LogP contribution >= 0.6 is 0 Å². The smallest absolute Gasteiger partial charge is 0.222 e. The third-order valence-corrected chi connectivity index (χ3v) is 5.15. The van der Waals surface area contributed by atoms with Gasteiger partial charge < -0.3 is 15.0 Å². The molecule has 1 amide bonds. The lowest BCUT2D eigenvalue weighted by Gasteiger charge is -2.38. The predicted molar refractivity (Wildman–Crippen MR) is 92.7 cm³/mol. The van der Waals surface area contributed by atoms with Crippen molar-refractivity contribution in [2.24, 2.45) is 5.92 Å². The molecule has 1 aromatic heterocycles. The highest BCUT2D eigenvalue weighted by atomic mass is 16.5. The Hall–Kier alpha value is -1.40. The third-order valence-electron chi connectivity index (χ3n) is 5.15. The van der Waals surface area contributed by atoms with E-state index in [9.17, 15) is 4.79 Å². The van der Waals surface area contributed by atoms with Gasteiger partial charge in [-0.15, -0.1) is 0 Å². The minimum absolute atomic E-state index is 0.132. The topological polar surface area (TPSA) is 59.4 Å². The van der Waals surface area contributed by atoms with Gasteiger partial charge in [-0.2, -0.15) is 5.10 Å². The molecule has 3 unspecified atom stereocenters. The van der Waals surface area contributed by atoms with Crippen LogP contribution < -0.4 is 5.32 Å². The Morgan fingerprint density at radius 3 is 3.00 bits per heavy atom. The minimum Gasteiger partial charge on any atom is -0.377 e. The molecule has 1 aromatic rings. The van der Waals surface area contributed by atoms with Crippen LogP contribution in [0.2, 0.25) is 0 Å². The van der Waals surface area contributed by atoms with E-state index in [4.69, 9.17) is 4.74 Å². The Balaban J connectivity index is 1.38. The molecule has 0 aliphatic carbocycles. The van der Waals surface area contributed by atoms with Crippen molar-refractivity contribution < 1.29 is 9.53 Å². The quantitative estimate of drug-likeness (QED) is 0.858. The molecule has 134 valence electrons. The van der Waals surface area contributed by atoms with Crippen molar-refractivity contribution in [1.29, 1.82) is 0 Å². The van der Waals surface area contributed by atoms with Crippen molar-refractivity contribution >= 4 is 5.91 Å². The zero-order valence-electron chi connectivity index (χ0n) is 14.9. The van der Waals surface area contributed by atoms with E-state index in [1.165, 1.54) is 12.8 Å². The third kappa shape index (κ3) is 4.80. The molecule has 0 spiro atoms. The van der Waals surface area contributed by atoms with Gasteiger partial charge >= 0.3 is 0 Å². The fourth-order valence-corrected chi connectivity index (χ4v) is 3.77. The first-order chi connectivity index (χ1) is 11.6. The first-order valence-electron chi connectivity index (χ1n) is 9.22. The van der Waals surface area contributed by atoms with E-state index in [1.807, 2.05) is 24.0 Å². The summed E-state index contributed by atoms with van der Waals surface area (Å²) in [4.78, 5) is 14.7. The Bertz CT molecular complexity index is 539. The van der Waals surface area contributed by atoms with Crippen molar-refractivity contribution in [1.82, 2.24) is 20.0 Å². The monoisotopic (exact) mass is 334 g/mol. The van der Waals surface area contributed by atoms with Gasteiger partial charge in [-0.25, -0.2) is 0 Å². The number of nitrogens with one attached hydrogen (secondary N) is 1. The highest BCUT2D eigenvalue weighted by Gasteiger charge is 2.29. The highest BCUT2D eigenvalue weighted by Crippen LogP contribution is 2.20. The van der Waals surface area contributed by atoms with Gasteiger partial charge in [0.15, 0.2) is 0 Å². The number of carbonyl (C=O) groups excluding carboxylic acids is 1. The van der Waals surface area contributed by atoms with Crippen LogP contribution in [0.25, 0.3) is 0 Å². The summed E-state index contributed by atoms with van der Waals surface area (Å²) in [5, 5.41) is 7.45. The zero-order valence-corrected chi connectivity index (χ0v) is 14.9. The van der Waals surface area contributed by atoms with E-state index in [0.717, 1.165) is 38.2 Å². The molecule has 0 radical (unpaired) electrons. The van der Waals surface area contributed by atoms with Crippen molar-refractivity contribution in [2.45, 2.75) is 58.2 Å². The fraction of sp³-hybridized carbons (Fsp3) is 0.778. The number of aryl methyl sites for hydroxylation is 2. The van der Waals surface area contributed by atoms with E-state index in [0.29, 0.717) is 25.0 Å². The maximum Gasteiger partial charge on any atom is 0.222 e. The Labute approximate surface area is 144 Å². The lowest BCUT2D eigenvalue weighted by molar-refractivity contribution is -0.122. The molecule has 1 N–H and O–H groups in total. The van der Waals surface area contributed by atoms with E-state index in [1.54, 1.807) is 0 Å². The number of aromatic nitrogens is 2. The number of likely N-dealkylation sites (tertiary alicyclic amines) is 1. The van der Waals surface area contributed by atoms with Crippen LogP contribution in [0.15, 0.2) is 12.4 Å². The molecule has 0 aromatic carbocycles. The van der Waals surface area contributed by atoms with Crippen LogP contribution in [0.3, 0.4) is 0 Å². The van der Waals surface area contributed by atoms with Gasteiger partial charge in [0.2, 0.25) is 5.91 Å². The standard InChI is InChI=1S/C18H30N4O2/c1-14-10-19-22(11-14)8-6-18(23)20-17-5-7-21(12-15(17)2)13-16-4-3-9-24-16/h10-11,15-17H,3-9,12-13H2,1-2H3,(H,20,23). The van der Waals surface area contributed by atoms with E-state index >= 15 is 0 Å². The molecule has 0 saturated carbocycles. The summed E-state index contributed by atoms with van der Waals surface area (Å²) >= 11 is 0. The van der Waals surface area contributed by atoms with Crippen LogP contribution in [0.1, 0.15) is 38.2 Å². The second-order valence-electron chi connectivity index (χ2n) is 7.37. The van der Waals surface area contributed by atoms with Gasteiger partial charge in [0.25, 0.3) is 0 Å². The minimum atomic E-state index is 0.132. The summed E-state index contributed by atoms with van der Waals surface area (Å²) in [6.45, 7) is 8.95. The highest BCUT2D eigenvalue weighted by molar-refractivity contribution is 5.76. The molecule has 24 heavy (non-hydrogen) atoms. The van der Waals surface area contributed by atoms with Gasteiger partial charge in [-0.1, -0.05) is 6.92 Å². The number of nitrogens with zero attached hydrogens (tertiary/aromatic N) is 3. The number of amides is 1. The summed E-state index contributed by atoms with van der Waals surface area (Å²) in [7, 11) is 0. The lowest BCUT2D eigenvalue weighted by Crippen LogP contribution is -2.51. The molecular weight excluding hydrogens is 304 g/mol. The number of piperidine rings is 1. The van der Waals surface area contributed by atoms with E-state index in [2.05, 4.69) is 22.2 Å². The molecule has 2 saturated heterocycles. The van der Waals surface area contributed by atoms with Crippen molar-refractivity contribution in [2.75, 3.05) is 26.2 Å². The van der Waals surface area contributed by atoms with Gasteiger partial charge in [0.05, 0.1) is 12.3 Å². The summed E-state index contributed by atoms with van der Waals surface area (Å²) < 4.78 is 7.57. The molecular formula is C18H30N4O2. The Morgan fingerprint density at radius 1 is 1.46 bits per heavy atom. The number of carbonyl (C=O) groups is 1. The van der Waals surface area contributed by atoms with Gasteiger partial charge in [-0.05, 0) is 37.7 Å². The molecule has 6 heteroatoms. The van der Waals surface area contributed by atoms with E-state index < -0.39 is 0 Å². The molecule has 6 nitrogen and oxygen atoms in total. The van der Waals surface area contributed by atoms with Crippen LogP contribution in [0.5, 0.6) is 0 Å². The SMILES string of the molecule is Cc1cnn(CCC(=O)NC2CCN(CC3CCCO3)CC2C)c1. The summed E-state index contributed by atoms with van der Waals surface area (Å²) in [5.41, 5.74) is 1.13. The van der Waals surface area contributed by atoms with Crippen molar-refractivity contribution in [3.63, 3.8) is 0 Å². The molecule has 2 fully saturated rings. The van der Waals surface area contributed by atoms with Gasteiger partial charge in [0.1, 0.15) is 0 Å². The van der Waals surface area contributed by atoms with Crippen LogP contribution in [0.4, 0.5) is 0 Å². The predicted octanol–water partition coefficient (Wildman–Crippen LogP) is 1.59. The van der Waals surface area contributed by atoms with Crippen LogP contribution in [-0.4, -0.2) is 59.0 Å². The number of hydrogen-bond donors (Lipinski definition) is 1. The molecule has 2 aliphatic heterocycles. The van der Waals surface area contributed by atoms with E-state index in [-0.39, 0.29) is 11.9 Å². The summed E-state index contributed by atoms with van der Waals surface area (Å²) in [6, 6.07) is 0.289. The molecule has 3 rings (SSSR count). The normalized spacial score (nSPS) is 28.2. The molecule has 3 atom stereocenters. The first-order valence-corrected chi connectivity index (χ1v) is 9.22. The molecule has 0 bridgehead atoms. The maximum atomic E-state index is 12.2. The maximum absolute atomic E-state index is 12.2. The average molecular weight is 334 g/mol. The fourth-order valence-electron chi connectivity index (χ4n) is 3.77. The Kier molecular flexibility index (Phi) is 5.89. The Morgan fingerprint density at radius 2 is 2.33 bits per heavy atom. The number of rotatable bonds is 6. The summed E-state index contributed by atoms with van der Waals surface area (Å²) in [5.74, 6) is 0.614. The lowest BCUT2D eigenvalue weighted by atomic mass is 9.93. The number of ether oxygens (including phenoxy) is 1. The summed E-state index contributed by atoms with van der Waals surface area (Å²) in [6.07, 6.45) is 8.12. The van der Waals surface area contributed by atoms with Crippen LogP contribution in [0, 0.1) is 12.8 Å². The van der Waals surface area contributed by atoms with Crippen molar-refractivity contribution in [3.8, 4) is 0 Å².